The third-order valence-electron chi connectivity index (χ3n) is 5.14. The molecule has 0 N–H and O–H groups in total. The van der Waals surface area contributed by atoms with Crippen LogP contribution in [0.4, 0.5) is 10.1 Å². The van der Waals surface area contributed by atoms with Crippen molar-refractivity contribution in [2.75, 3.05) is 18.0 Å². The van der Waals surface area contributed by atoms with Crippen LogP contribution in [0.3, 0.4) is 0 Å². The summed E-state index contributed by atoms with van der Waals surface area (Å²) in [5.74, 6) is 0.0663. The van der Waals surface area contributed by atoms with E-state index in [1.165, 1.54) is 37.0 Å². The number of anilines is 1. The minimum atomic E-state index is -0.222. The summed E-state index contributed by atoms with van der Waals surface area (Å²) in [7, 11) is 0. The van der Waals surface area contributed by atoms with E-state index in [2.05, 4.69) is 24.8 Å². The van der Waals surface area contributed by atoms with E-state index in [0.717, 1.165) is 41.0 Å². The lowest BCUT2D eigenvalue weighted by Crippen LogP contribution is -2.30. The summed E-state index contributed by atoms with van der Waals surface area (Å²) in [6.45, 7) is 8.38. The Morgan fingerprint density at radius 2 is 1.72 bits per heavy atom. The van der Waals surface area contributed by atoms with Gasteiger partial charge >= 0.3 is 0 Å². The number of piperidine rings is 1. The van der Waals surface area contributed by atoms with Gasteiger partial charge in [0.25, 0.3) is 0 Å². The van der Waals surface area contributed by atoms with E-state index in [1.807, 2.05) is 25.1 Å². The van der Waals surface area contributed by atoms with Crippen molar-refractivity contribution in [2.24, 2.45) is 0 Å². The summed E-state index contributed by atoms with van der Waals surface area (Å²) in [6, 6.07) is 11.2. The van der Waals surface area contributed by atoms with Gasteiger partial charge in [-0.2, -0.15) is 5.26 Å². The molecule has 0 saturated carbocycles. The van der Waals surface area contributed by atoms with Crippen molar-refractivity contribution in [3.63, 3.8) is 0 Å². The fourth-order valence-corrected chi connectivity index (χ4v) is 3.93. The van der Waals surface area contributed by atoms with Crippen LogP contribution in [0.15, 0.2) is 30.3 Å². The number of rotatable bonds is 3. The van der Waals surface area contributed by atoms with Crippen molar-refractivity contribution >= 4 is 5.69 Å². The first kappa shape index (κ1) is 17.5. The zero-order valence-electron chi connectivity index (χ0n) is 15.3. The molecule has 1 heterocycles. The smallest absolute Gasteiger partial charge is 0.123 e. The van der Waals surface area contributed by atoms with Crippen LogP contribution in [-0.2, 0) is 0 Å². The number of nitriles is 1. The molecule has 3 heteroatoms. The molecule has 0 aliphatic carbocycles. The fourth-order valence-electron chi connectivity index (χ4n) is 3.93. The molecule has 1 aliphatic rings. The highest BCUT2D eigenvalue weighted by molar-refractivity contribution is 5.85. The van der Waals surface area contributed by atoms with Gasteiger partial charge < -0.3 is 4.90 Å². The van der Waals surface area contributed by atoms with Crippen LogP contribution in [0.5, 0.6) is 0 Å². The molecule has 0 bridgehead atoms. The Bertz CT molecular complexity index is 794. The van der Waals surface area contributed by atoms with Crippen molar-refractivity contribution in [3.8, 4) is 17.2 Å². The van der Waals surface area contributed by atoms with Crippen molar-refractivity contribution < 1.29 is 4.39 Å². The molecule has 2 aromatic carbocycles. The number of nitrogens with zero attached hydrogens (tertiary/aromatic N) is 2. The second-order valence-corrected chi connectivity index (χ2v) is 7.18. The van der Waals surface area contributed by atoms with E-state index in [0.29, 0.717) is 0 Å². The van der Waals surface area contributed by atoms with Gasteiger partial charge in [0.15, 0.2) is 0 Å². The Balaban J connectivity index is 2.29. The molecule has 0 aromatic heterocycles. The molecule has 0 atom stereocenters. The van der Waals surface area contributed by atoms with Crippen LogP contribution < -0.4 is 4.90 Å². The lowest BCUT2D eigenvalue weighted by molar-refractivity contribution is 0.578. The Hall–Kier alpha value is -2.34. The van der Waals surface area contributed by atoms with Gasteiger partial charge in [0.1, 0.15) is 5.82 Å². The standard InChI is InChI=1S/C22H25FN2/c1-15(2)21-16(3)18(14-24)13-20(25-11-5-4-6-12-25)22(21)17-7-9-19(23)10-8-17/h7-10,13,15H,4-6,11-12H2,1-3H3. The van der Waals surface area contributed by atoms with E-state index >= 15 is 0 Å². The Labute approximate surface area is 149 Å². The first-order valence-electron chi connectivity index (χ1n) is 9.11. The number of hydrogen-bond acceptors (Lipinski definition) is 2. The normalized spacial score (nSPS) is 14.6. The lowest BCUT2D eigenvalue weighted by atomic mass is 9.84. The van der Waals surface area contributed by atoms with Gasteiger partial charge in [-0.05, 0) is 67.0 Å². The van der Waals surface area contributed by atoms with E-state index < -0.39 is 0 Å². The van der Waals surface area contributed by atoms with Crippen LogP contribution in [-0.4, -0.2) is 13.1 Å². The highest BCUT2D eigenvalue weighted by Crippen LogP contribution is 2.42. The lowest BCUT2D eigenvalue weighted by Gasteiger charge is -2.33. The van der Waals surface area contributed by atoms with Crippen LogP contribution in [0.1, 0.15) is 55.7 Å². The van der Waals surface area contributed by atoms with Crippen molar-refractivity contribution in [1.29, 1.82) is 5.26 Å². The zero-order chi connectivity index (χ0) is 18.0. The maximum Gasteiger partial charge on any atom is 0.123 e. The summed E-state index contributed by atoms with van der Waals surface area (Å²) >= 11 is 0. The van der Waals surface area contributed by atoms with Crippen molar-refractivity contribution in [3.05, 3.63) is 52.8 Å². The quantitative estimate of drug-likeness (QED) is 0.709. The fraction of sp³-hybridized carbons (Fsp3) is 0.409. The molecule has 0 radical (unpaired) electrons. The van der Waals surface area contributed by atoms with Crippen LogP contribution in [0, 0.1) is 24.1 Å². The SMILES string of the molecule is Cc1c(C#N)cc(N2CCCCC2)c(-c2ccc(F)cc2)c1C(C)C. The Kier molecular flexibility index (Phi) is 5.08. The molecule has 25 heavy (non-hydrogen) atoms. The summed E-state index contributed by atoms with van der Waals surface area (Å²) in [4.78, 5) is 2.40. The van der Waals surface area contributed by atoms with Crippen LogP contribution in [0.25, 0.3) is 11.1 Å². The molecule has 130 valence electrons. The van der Waals surface area contributed by atoms with Gasteiger partial charge in [0, 0.05) is 24.3 Å². The van der Waals surface area contributed by atoms with Crippen LogP contribution in [0.2, 0.25) is 0 Å². The second kappa shape index (κ2) is 7.27. The summed E-state index contributed by atoms with van der Waals surface area (Å²) in [5.41, 5.74) is 6.29. The molecule has 0 amide bonds. The van der Waals surface area contributed by atoms with Gasteiger partial charge in [-0.15, -0.1) is 0 Å². The first-order valence-corrected chi connectivity index (χ1v) is 9.11. The molecule has 2 aromatic rings. The first-order chi connectivity index (χ1) is 12.0. The number of halogens is 1. The average Bonchev–Trinajstić information content (AvgIpc) is 2.62. The molecule has 1 aliphatic heterocycles. The molecule has 0 unspecified atom stereocenters. The van der Waals surface area contributed by atoms with Gasteiger partial charge in [-0.25, -0.2) is 4.39 Å². The predicted molar refractivity (Wildman–Crippen MR) is 101 cm³/mol. The molecule has 2 nitrogen and oxygen atoms in total. The predicted octanol–water partition coefficient (Wildman–Crippen LogP) is 5.79. The molecule has 3 rings (SSSR count). The van der Waals surface area contributed by atoms with E-state index in [4.69, 9.17) is 0 Å². The minimum absolute atomic E-state index is 0.222. The largest absolute Gasteiger partial charge is 0.371 e. The van der Waals surface area contributed by atoms with E-state index in [-0.39, 0.29) is 11.7 Å². The van der Waals surface area contributed by atoms with Gasteiger partial charge in [-0.1, -0.05) is 26.0 Å². The molecular weight excluding hydrogens is 311 g/mol. The highest BCUT2D eigenvalue weighted by Gasteiger charge is 2.23. The maximum atomic E-state index is 13.5. The highest BCUT2D eigenvalue weighted by atomic mass is 19.1. The monoisotopic (exact) mass is 336 g/mol. The van der Waals surface area contributed by atoms with Crippen LogP contribution >= 0.6 is 0 Å². The Morgan fingerprint density at radius 3 is 2.28 bits per heavy atom. The third kappa shape index (κ3) is 3.39. The minimum Gasteiger partial charge on any atom is -0.371 e. The van der Waals surface area contributed by atoms with Gasteiger partial charge in [-0.3, -0.25) is 0 Å². The van der Waals surface area contributed by atoms with Gasteiger partial charge in [0.05, 0.1) is 11.6 Å². The van der Waals surface area contributed by atoms with E-state index in [9.17, 15) is 9.65 Å². The summed E-state index contributed by atoms with van der Waals surface area (Å²) < 4.78 is 13.5. The zero-order valence-corrected chi connectivity index (χ0v) is 15.3. The molecule has 1 saturated heterocycles. The third-order valence-corrected chi connectivity index (χ3v) is 5.14. The van der Waals surface area contributed by atoms with Gasteiger partial charge in [0.2, 0.25) is 0 Å². The molecule has 1 fully saturated rings. The average molecular weight is 336 g/mol. The molecule has 0 spiro atoms. The molecular formula is C22H25FN2. The Morgan fingerprint density at radius 1 is 1.08 bits per heavy atom. The second-order valence-electron chi connectivity index (χ2n) is 7.18. The maximum absolute atomic E-state index is 13.5. The number of benzene rings is 2. The van der Waals surface area contributed by atoms with Crippen molar-refractivity contribution in [1.82, 2.24) is 0 Å². The number of hydrogen-bond donors (Lipinski definition) is 0. The topological polar surface area (TPSA) is 27.0 Å². The van der Waals surface area contributed by atoms with E-state index in [1.54, 1.807) is 0 Å². The summed E-state index contributed by atoms with van der Waals surface area (Å²) in [6.07, 6.45) is 3.61. The van der Waals surface area contributed by atoms with Crippen molar-refractivity contribution in [2.45, 2.75) is 46.0 Å². The summed E-state index contributed by atoms with van der Waals surface area (Å²) in [5, 5.41) is 9.63.